The standard InChI is InChI=1S/C32H44N6O7S2/c1-21(2)17-38(47(44,45)27-13-11-25(12-14-27)16-33-43)19-29(40)28(15-24-9-7-6-8-10-24)35-31(41)30(22(3)39)36-32(42)37(5)18-26-20-46-23(4)34-26/h6-14,16,20-22,28-30,39-40,43H,15,17-19H2,1-5H3,(H,35,41)(H,36,42)/b33-16+/t22-,28+,29-,30+/m1/s1. The molecule has 2 aromatic carbocycles. The second-order valence-electron chi connectivity index (χ2n) is 11.8. The van der Waals surface area contributed by atoms with Gasteiger partial charge >= 0.3 is 6.03 Å². The molecule has 0 unspecified atom stereocenters. The number of benzene rings is 2. The number of carbonyl (C=O) groups is 2. The van der Waals surface area contributed by atoms with Crippen LogP contribution in [-0.4, -0.2) is 101 Å². The third-order valence-corrected chi connectivity index (χ3v) is 9.90. The Labute approximate surface area is 280 Å². The number of carbonyl (C=O) groups excluding carboxylic acids is 2. The molecule has 0 spiro atoms. The molecule has 0 aliphatic rings. The monoisotopic (exact) mass is 688 g/mol. The van der Waals surface area contributed by atoms with Gasteiger partial charge in [0.1, 0.15) is 6.04 Å². The van der Waals surface area contributed by atoms with Gasteiger partial charge in [-0.25, -0.2) is 18.2 Å². The van der Waals surface area contributed by atoms with E-state index in [9.17, 15) is 28.2 Å². The molecule has 3 aromatic rings. The van der Waals surface area contributed by atoms with Gasteiger partial charge in [-0.3, -0.25) is 4.79 Å². The van der Waals surface area contributed by atoms with Crippen LogP contribution in [0.15, 0.2) is 70.0 Å². The number of sulfonamides is 1. The molecular formula is C32H44N6O7S2. The topological polar surface area (TPSA) is 185 Å². The van der Waals surface area contributed by atoms with E-state index >= 15 is 0 Å². The van der Waals surface area contributed by atoms with E-state index in [2.05, 4.69) is 20.8 Å². The largest absolute Gasteiger partial charge is 0.411 e. The van der Waals surface area contributed by atoms with Crippen LogP contribution in [0.4, 0.5) is 4.79 Å². The molecule has 0 bridgehead atoms. The van der Waals surface area contributed by atoms with Crippen molar-refractivity contribution in [2.45, 2.75) is 69.8 Å². The first kappa shape index (κ1) is 37.6. The maximum Gasteiger partial charge on any atom is 0.318 e. The molecule has 0 aliphatic carbocycles. The van der Waals surface area contributed by atoms with E-state index in [4.69, 9.17) is 5.21 Å². The molecule has 1 heterocycles. The van der Waals surface area contributed by atoms with Gasteiger partial charge in [0.15, 0.2) is 0 Å². The van der Waals surface area contributed by atoms with Gasteiger partial charge in [0.05, 0.1) is 46.6 Å². The Kier molecular flexibility index (Phi) is 13.8. The number of amides is 3. The van der Waals surface area contributed by atoms with Crippen LogP contribution in [0.1, 0.15) is 42.6 Å². The maximum atomic E-state index is 13.7. The Morgan fingerprint density at radius 1 is 1.02 bits per heavy atom. The molecule has 0 saturated heterocycles. The molecule has 0 radical (unpaired) electrons. The van der Waals surface area contributed by atoms with Crippen LogP contribution in [-0.2, 0) is 27.8 Å². The highest BCUT2D eigenvalue weighted by molar-refractivity contribution is 7.89. The number of hydrogen-bond donors (Lipinski definition) is 5. The molecule has 5 N–H and O–H groups in total. The summed E-state index contributed by atoms with van der Waals surface area (Å²) in [6, 6.07) is 11.9. The number of rotatable bonds is 16. The van der Waals surface area contributed by atoms with E-state index in [0.717, 1.165) is 10.6 Å². The van der Waals surface area contributed by atoms with E-state index in [1.54, 1.807) is 19.2 Å². The second kappa shape index (κ2) is 17.3. The highest BCUT2D eigenvalue weighted by atomic mass is 32.2. The molecule has 0 fully saturated rings. The fourth-order valence-corrected chi connectivity index (χ4v) is 7.05. The highest BCUT2D eigenvalue weighted by Gasteiger charge is 2.34. The van der Waals surface area contributed by atoms with Gasteiger partial charge in [0.25, 0.3) is 0 Å². The van der Waals surface area contributed by atoms with Crippen LogP contribution >= 0.6 is 11.3 Å². The summed E-state index contributed by atoms with van der Waals surface area (Å²) in [4.78, 5) is 32.3. The predicted molar refractivity (Wildman–Crippen MR) is 180 cm³/mol. The lowest BCUT2D eigenvalue weighted by Gasteiger charge is -2.32. The van der Waals surface area contributed by atoms with Crippen molar-refractivity contribution in [2.75, 3.05) is 20.1 Å². The number of aliphatic hydroxyl groups is 2. The summed E-state index contributed by atoms with van der Waals surface area (Å²) in [5.74, 6) is -0.842. The van der Waals surface area contributed by atoms with Gasteiger partial charge in [0.2, 0.25) is 15.9 Å². The molecule has 47 heavy (non-hydrogen) atoms. The van der Waals surface area contributed by atoms with Gasteiger partial charge in [-0.2, -0.15) is 4.31 Å². The minimum absolute atomic E-state index is 0.0158. The van der Waals surface area contributed by atoms with Crippen LogP contribution < -0.4 is 10.6 Å². The van der Waals surface area contributed by atoms with Crippen LogP contribution in [0.2, 0.25) is 0 Å². The molecule has 3 rings (SSSR count). The molecule has 15 heteroatoms. The molecule has 0 aliphatic heterocycles. The quantitative estimate of drug-likeness (QED) is 0.0864. The maximum absolute atomic E-state index is 13.7. The zero-order valence-electron chi connectivity index (χ0n) is 27.1. The fourth-order valence-electron chi connectivity index (χ4n) is 4.82. The Morgan fingerprint density at radius 2 is 1.68 bits per heavy atom. The van der Waals surface area contributed by atoms with Gasteiger partial charge in [-0.1, -0.05) is 61.5 Å². The highest BCUT2D eigenvalue weighted by Crippen LogP contribution is 2.20. The van der Waals surface area contributed by atoms with Crippen molar-refractivity contribution in [3.8, 4) is 0 Å². The number of thiazole rings is 1. The summed E-state index contributed by atoms with van der Waals surface area (Å²) in [7, 11) is -2.55. The van der Waals surface area contributed by atoms with Gasteiger partial charge < -0.3 is 31.0 Å². The van der Waals surface area contributed by atoms with Gasteiger partial charge in [-0.05, 0) is 49.4 Å². The first-order chi connectivity index (χ1) is 22.2. The molecule has 3 amide bonds. The Morgan fingerprint density at radius 3 is 2.23 bits per heavy atom. The van der Waals surface area contributed by atoms with Crippen LogP contribution in [0.5, 0.6) is 0 Å². The number of aromatic nitrogens is 1. The first-order valence-corrected chi connectivity index (χ1v) is 17.4. The van der Waals surface area contributed by atoms with Gasteiger partial charge in [-0.15, -0.1) is 11.3 Å². The summed E-state index contributed by atoms with van der Waals surface area (Å²) in [5.41, 5.74) is 1.95. The molecular weight excluding hydrogens is 645 g/mol. The van der Waals surface area contributed by atoms with Crippen molar-refractivity contribution in [1.29, 1.82) is 0 Å². The fraction of sp³-hybridized carbons (Fsp3) is 0.438. The Balaban J connectivity index is 1.84. The van der Waals surface area contributed by atoms with Crippen LogP contribution in [0, 0.1) is 12.8 Å². The van der Waals surface area contributed by atoms with Crippen LogP contribution in [0.3, 0.4) is 0 Å². The molecule has 256 valence electrons. The Bertz CT molecular complexity index is 1580. The smallest absolute Gasteiger partial charge is 0.318 e. The predicted octanol–water partition coefficient (Wildman–Crippen LogP) is 2.59. The lowest BCUT2D eigenvalue weighted by atomic mass is 10.00. The van der Waals surface area contributed by atoms with E-state index in [1.165, 1.54) is 57.9 Å². The molecule has 13 nitrogen and oxygen atoms in total. The number of hydrogen-bond acceptors (Lipinski definition) is 10. The van der Waals surface area contributed by atoms with Crippen molar-refractivity contribution in [3.05, 3.63) is 81.8 Å². The zero-order chi connectivity index (χ0) is 34.7. The SMILES string of the molecule is Cc1nc(CN(C)C(=O)N[C@H](C(=O)N[C@@H](Cc2ccccc2)[C@H](O)CN(CC(C)C)S(=O)(=O)c2ccc(/C=N/O)cc2)[C@@H](C)O)cs1. The van der Waals surface area contributed by atoms with E-state index in [1.807, 2.05) is 44.4 Å². The minimum Gasteiger partial charge on any atom is -0.411 e. The average Bonchev–Trinajstić information content (AvgIpc) is 3.43. The average molecular weight is 689 g/mol. The first-order valence-electron chi connectivity index (χ1n) is 15.1. The lowest BCUT2D eigenvalue weighted by Crippen LogP contribution is -2.59. The number of oxime groups is 1. The number of urea groups is 1. The number of nitrogens with zero attached hydrogens (tertiary/aromatic N) is 4. The zero-order valence-corrected chi connectivity index (χ0v) is 28.8. The van der Waals surface area contributed by atoms with E-state index < -0.39 is 46.3 Å². The van der Waals surface area contributed by atoms with Crippen molar-refractivity contribution >= 4 is 39.5 Å². The van der Waals surface area contributed by atoms with Crippen molar-refractivity contribution in [3.63, 3.8) is 0 Å². The summed E-state index contributed by atoms with van der Waals surface area (Å²) in [5, 5.41) is 41.8. The number of aryl methyl sites for hydroxylation is 1. The molecule has 4 atom stereocenters. The molecule has 1 aromatic heterocycles. The number of aliphatic hydroxyl groups excluding tert-OH is 2. The number of nitrogens with one attached hydrogen (secondary N) is 2. The third kappa shape index (κ3) is 11.1. The summed E-state index contributed by atoms with van der Waals surface area (Å²) in [6.45, 7) is 6.85. The minimum atomic E-state index is -4.09. The molecule has 0 saturated carbocycles. The van der Waals surface area contributed by atoms with Crippen molar-refractivity contribution in [2.24, 2.45) is 11.1 Å². The second-order valence-corrected chi connectivity index (χ2v) is 14.8. The van der Waals surface area contributed by atoms with E-state index in [0.29, 0.717) is 11.3 Å². The summed E-state index contributed by atoms with van der Waals surface area (Å²) < 4.78 is 28.7. The lowest BCUT2D eigenvalue weighted by molar-refractivity contribution is -0.127. The van der Waals surface area contributed by atoms with Gasteiger partial charge in [0, 0.05) is 25.5 Å². The summed E-state index contributed by atoms with van der Waals surface area (Å²) in [6.07, 6.45) is -1.36. The van der Waals surface area contributed by atoms with Crippen molar-refractivity contribution in [1.82, 2.24) is 24.8 Å². The van der Waals surface area contributed by atoms with E-state index in [-0.39, 0.29) is 36.9 Å². The normalized spacial score (nSPS) is 14.6. The Hall–Kier alpha value is -3.89. The summed E-state index contributed by atoms with van der Waals surface area (Å²) >= 11 is 1.45. The third-order valence-electron chi connectivity index (χ3n) is 7.23. The van der Waals surface area contributed by atoms with Crippen LogP contribution in [0.25, 0.3) is 0 Å². The van der Waals surface area contributed by atoms with Crippen molar-refractivity contribution < 1.29 is 33.4 Å².